The van der Waals surface area contributed by atoms with Gasteiger partial charge in [-0.15, -0.1) is 11.8 Å². The molecule has 1 fully saturated rings. The van der Waals surface area contributed by atoms with E-state index in [0.29, 0.717) is 11.5 Å². The average Bonchev–Trinajstić information content (AvgIpc) is 2.32. The predicted molar refractivity (Wildman–Crippen MR) is 52.6 cm³/mol. The lowest BCUT2D eigenvalue weighted by atomic mass is 9.84. The zero-order valence-corrected chi connectivity index (χ0v) is 8.19. The molecule has 1 aliphatic carbocycles. The van der Waals surface area contributed by atoms with E-state index in [9.17, 15) is 0 Å². The first-order valence-electron chi connectivity index (χ1n) is 4.81. The predicted octanol–water partition coefficient (Wildman–Crippen LogP) is 2.31. The fourth-order valence-electron chi connectivity index (χ4n) is 2.09. The monoisotopic (exact) mass is 165 g/mol. The van der Waals surface area contributed by atoms with E-state index in [1.165, 1.54) is 25.7 Å². The molecular weight excluding hydrogens is 146 g/mol. The molecule has 0 amide bonds. The summed E-state index contributed by atoms with van der Waals surface area (Å²) in [5.74, 6) is 6.06. The highest BCUT2D eigenvalue weighted by Gasteiger charge is 2.32. The minimum Gasteiger partial charge on any atom is -0.328 e. The van der Waals surface area contributed by atoms with Gasteiger partial charge in [0, 0.05) is 12.5 Å². The molecule has 1 rings (SSSR count). The van der Waals surface area contributed by atoms with Crippen molar-refractivity contribution >= 4 is 0 Å². The molecule has 12 heavy (non-hydrogen) atoms. The molecule has 0 heterocycles. The van der Waals surface area contributed by atoms with Crippen molar-refractivity contribution in [1.29, 1.82) is 0 Å². The van der Waals surface area contributed by atoms with E-state index in [2.05, 4.69) is 18.8 Å². The third kappa shape index (κ3) is 2.53. The SMILES string of the molecule is CC#CCCC1(C)CCC(N)C1. The first-order valence-corrected chi connectivity index (χ1v) is 4.81. The van der Waals surface area contributed by atoms with Crippen LogP contribution in [0.2, 0.25) is 0 Å². The Hall–Kier alpha value is -0.480. The van der Waals surface area contributed by atoms with Crippen molar-refractivity contribution < 1.29 is 0 Å². The Morgan fingerprint density at radius 1 is 1.58 bits per heavy atom. The van der Waals surface area contributed by atoms with Gasteiger partial charge in [-0.1, -0.05) is 6.92 Å². The Balaban J connectivity index is 2.33. The maximum atomic E-state index is 5.88. The zero-order valence-electron chi connectivity index (χ0n) is 8.19. The summed E-state index contributed by atoms with van der Waals surface area (Å²) in [6, 6.07) is 0.449. The summed E-state index contributed by atoms with van der Waals surface area (Å²) in [6.45, 7) is 4.25. The smallest absolute Gasteiger partial charge is 0.00937 e. The molecule has 2 unspecified atom stereocenters. The molecule has 68 valence electrons. The van der Waals surface area contributed by atoms with Crippen LogP contribution in [-0.2, 0) is 0 Å². The Morgan fingerprint density at radius 2 is 2.33 bits per heavy atom. The highest BCUT2D eigenvalue weighted by Crippen LogP contribution is 2.40. The van der Waals surface area contributed by atoms with Crippen LogP contribution in [0.25, 0.3) is 0 Å². The van der Waals surface area contributed by atoms with E-state index in [4.69, 9.17) is 5.73 Å². The first kappa shape index (κ1) is 9.61. The molecule has 2 atom stereocenters. The van der Waals surface area contributed by atoms with Crippen LogP contribution < -0.4 is 5.73 Å². The largest absolute Gasteiger partial charge is 0.328 e. The third-order valence-corrected chi connectivity index (χ3v) is 2.90. The third-order valence-electron chi connectivity index (χ3n) is 2.90. The summed E-state index contributed by atoms with van der Waals surface area (Å²) in [7, 11) is 0. The van der Waals surface area contributed by atoms with Gasteiger partial charge in [0.2, 0.25) is 0 Å². The van der Waals surface area contributed by atoms with E-state index >= 15 is 0 Å². The van der Waals surface area contributed by atoms with Gasteiger partial charge in [-0.05, 0) is 38.0 Å². The summed E-state index contributed by atoms with van der Waals surface area (Å²) in [5.41, 5.74) is 6.37. The van der Waals surface area contributed by atoms with Crippen LogP contribution in [-0.4, -0.2) is 6.04 Å². The van der Waals surface area contributed by atoms with Gasteiger partial charge in [0.1, 0.15) is 0 Å². The van der Waals surface area contributed by atoms with Crippen LogP contribution in [0, 0.1) is 17.3 Å². The van der Waals surface area contributed by atoms with Gasteiger partial charge in [-0.25, -0.2) is 0 Å². The molecule has 0 saturated heterocycles. The topological polar surface area (TPSA) is 26.0 Å². The van der Waals surface area contributed by atoms with Crippen molar-refractivity contribution in [3.8, 4) is 11.8 Å². The van der Waals surface area contributed by atoms with Gasteiger partial charge in [0.05, 0.1) is 0 Å². The van der Waals surface area contributed by atoms with Gasteiger partial charge in [-0.2, -0.15) is 0 Å². The van der Waals surface area contributed by atoms with Crippen LogP contribution in [0.1, 0.15) is 46.0 Å². The second kappa shape index (κ2) is 3.96. The van der Waals surface area contributed by atoms with Crippen LogP contribution in [0.5, 0.6) is 0 Å². The molecule has 0 aromatic rings. The zero-order chi connectivity index (χ0) is 9.03. The number of nitrogens with two attached hydrogens (primary N) is 1. The van der Waals surface area contributed by atoms with Crippen molar-refractivity contribution in [3.05, 3.63) is 0 Å². The maximum absolute atomic E-state index is 5.88. The fourth-order valence-corrected chi connectivity index (χ4v) is 2.09. The van der Waals surface area contributed by atoms with E-state index < -0.39 is 0 Å². The molecule has 1 nitrogen and oxygen atoms in total. The van der Waals surface area contributed by atoms with Crippen LogP contribution >= 0.6 is 0 Å². The molecule has 0 bridgehead atoms. The van der Waals surface area contributed by atoms with Gasteiger partial charge in [-0.3, -0.25) is 0 Å². The van der Waals surface area contributed by atoms with Crippen LogP contribution in [0.3, 0.4) is 0 Å². The number of rotatable bonds is 2. The van der Waals surface area contributed by atoms with Gasteiger partial charge in [0.25, 0.3) is 0 Å². The van der Waals surface area contributed by atoms with E-state index in [1.807, 2.05) is 6.92 Å². The molecule has 0 aromatic heterocycles. The lowest BCUT2D eigenvalue weighted by Gasteiger charge is -2.22. The lowest BCUT2D eigenvalue weighted by Crippen LogP contribution is -2.19. The molecular formula is C11H19N. The Morgan fingerprint density at radius 3 is 2.83 bits per heavy atom. The molecule has 1 aliphatic rings. The molecule has 0 aromatic carbocycles. The van der Waals surface area contributed by atoms with Crippen LogP contribution in [0.15, 0.2) is 0 Å². The van der Waals surface area contributed by atoms with Crippen molar-refractivity contribution in [2.45, 2.75) is 52.0 Å². The fraction of sp³-hybridized carbons (Fsp3) is 0.818. The second-order valence-corrected chi connectivity index (χ2v) is 4.24. The highest BCUT2D eigenvalue weighted by atomic mass is 14.7. The summed E-state index contributed by atoms with van der Waals surface area (Å²) in [6.07, 6.45) is 5.95. The van der Waals surface area contributed by atoms with Crippen molar-refractivity contribution in [2.24, 2.45) is 11.1 Å². The van der Waals surface area contributed by atoms with Crippen molar-refractivity contribution in [3.63, 3.8) is 0 Å². The standard InChI is InChI=1S/C11H19N/c1-3-4-5-7-11(2)8-6-10(12)9-11/h10H,5-9,12H2,1-2H3. The van der Waals surface area contributed by atoms with E-state index in [0.717, 1.165) is 6.42 Å². The summed E-state index contributed by atoms with van der Waals surface area (Å²) in [4.78, 5) is 0. The molecule has 1 heteroatoms. The average molecular weight is 165 g/mol. The lowest BCUT2D eigenvalue weighted by molar-refractivity contribution is 0.308. The highest BCUT2D eigenvalue weighted by molar-refractivity contribution is 4.97. The van der Waals surface area contributed by atoms with Crippen molar-refractivity contribution in [1.82, 2.24) is 0 Å². The number of hydrogen-bond acceptors (Lipinski definition) is 1. The second-order valence-electron chi connectivity index (χ2n) is 4.24. The van der Waals surface area contributed by atoms with E-state index in [-0.39, 0.29) is 0 Å². The molecule has 0 spiro atoms. The van der Waals surface area contributed by atoms with Crippen LogP contribution in [0.4, 0.5) is 0 Å². The Labute approximate surface area is 75.7 Å². The minimum absolute atomic E-state index is 0.449. The van der Waals surface area contributed by atoms with E-state index in [1.54, 1.807) is 0 Å². The normalized spacial score (nSPS) is 34.4. The Kier molecular flexibility index (Phi) is 3.17. The number of hydrogen-bond donors (Lipinski definition) is 1. The summed E-state index contributed by atoms with van der Waals surface area (Å²) >= 11 is 0. The van der Waals surface area contributed by atoms with Gasteiger partial charge >= 0.3 is 0 Å². The first-order chi connectivity index (χ1) is 5.66. The van der Waals surface area contributed by atoms with Gasteiger partial charge in [0.15, 0.2) is 0 Å². The summed E-state index contributed by atoms with van der Waals surface area (Å²) in [5, 5.41) is 0. The molecule has 0 aliphatic heterocycles. The molecule has 0 radical (unpaired) electrons. The van der Waals surface area contributed by atoms with Gasteiger partial charge < -0.3 is 5.73 Å². The van der Waals surface area contributed by atoms with Crippen molar-refractivity contribution in [2.75, 3.05) is 0 Å². The maximum Gasteiger partial charge on any atom is 0.00937 e. The summed E-state index contributed by atoms with van der Waals surface area (Å²) < 4.78 is 0. The molecule has 1 saturated carbocycles. The minimum atomic E-state index is 0.449. The Bertz CT molecular complexity index is 199. The molecule has 2 N–H and O–H groups in total. The quantitative estimate of drug-likeness (QED) is 0.624.